The fourth-order valence-electron chi connectivity index (χ4n) is 5.32. The molecule has 0 saturated carbocycles. The van der Waals surface area contributed by atoms with Crippen LogP contribution < -0.4 is 10.6 Å². The molecule has 0 aromatic heterocycles. The maximum absolute atomic E-state index is 12.4. The topological polar surface area (TPSA) is 266 Å². The third-order valence-corrected chi connectivity index (χ3v) is 8.25. The molecule has 0 aromatic rings. The highest BCUT2D eigenvalue weighted by Crippen LogP contribution is 2.46. The van der Waals surface area contributed by atoms with Crippen LogP contribution in [0, 0.1) is 0 Å². The molecular formula is C29H50N2O15. The molecule has 3 aliphatic rings. The summed E-state index contributed by atoms with van der Waals surface area (Å²) >= 11 is 0. The first kappa shape index (κ1) is 38.6. The molecule has 46 heavy (non-hydrogen) atoms. The van der Waals surface area contributed by atoms with Gasteiger partial charge in [-0.15, -0.1) is 0 Å². The van der Waals surface area contributed by atoms with E-state index >= 15 is 0 Å². The Morgan fingerprint density at radius 2 is 1.39 bits per heavy atom. The van der Waals surface area contributed by atoms with Crippen molar-refractivity contribution in [2.75, 3.05) is 33.0 Å². The summed E-state index contributed by atoms with van der Waals surface area (Å²) in [7, 11) is 0. The number of ether oxygens (including phenoxy) is 5. The SMILES string of the molecule is CC(=O)C(CCCCNC(=O)CCCCOC1OC(CO)C(O)C(O)C1O)NC(=O)CCCCOC1OC(CO)C(O)C2(O)OC12. The van der Waals surface area contributed by atoms with Crippen LogP contribution in [0.5, 0.6) is 0 Å². The number of rotatable bonds is 21. The van der Waals surface area contributed by atoms with E-state index in [4.69, 9.17) is 23.7 Å². The second-order valence-corrected chi connectivity index (χ2v) is 11.9. The van der Waals surface area contributed by atoms with Gasteiger partial charge in [0.1, 0.15) is 36.6 Å². The minimum absolute atomic E-state index is 0.135. The van der Waals surface area contributed by atoms with Gasteiger partial charge >= 0.3 is 0 Å². The summed E-state index contributed by atoms with van der Waals surface area (Å²) in [6.45, 7) is 1.09. The smallest absolute Gasteiger partial charge is 0.227 e. The van der Waals surface area contributed by atoms with Crippen LogP contribution in [0.15, 0.2) is 0 Å². The van der Waals surface area contributed by atoms with Crippen LogP contribution in [-0.2, 0) is 38.1 Å². The third kappa shape index (κ3) is 10.8. The molecule has 3 heterocycles. The van der Waals surface area contributed by atoms with E-state index in [-0.39, 0.29) is 43.7 Å². The number of epoxide rings is 1. The van der Waals surface area contributed by atoms with E-state index in [1.165, 1.54) is 6.92 Å². The number of fused-ring (bicyclic) bond motifs is 1. The molecule has 0 spiro atoms. The van der Waals surface area contributed by atoms with Crippen molar-refractivity contribution in [2.45, 2.75) is 132 Å². The molecule has 3 saturated heterocycles. The number of ketones is 1. The molecule has 17 nitrogen and oxygen atoms in total. The molecule has 17 heteroatoms. The van der Waals surface area contributed by atoms with E-state index in [1.54, 1.807) is 0 Å². The molecular weight excluding hydrogens is 616 g/mol. The average Bonchev–Trinajstić information content (AvgIpc) is 3.74. The molecule has 0 aromatic carbocycles. The van der Waals surface area contributed by atoms with E-state index in [0.29, 0.717) is 51.5 Å². The number of carbonyl (C=O) groups excluding carboxylic acids is 3. The standard InChI is InChI=1S/C29H50N2O15/c1-16(34)17(31-21(36)10-4-7-13-43-28-26-29(41,46-26)25(40)19(15-33)45-28)8-2-5-11-30-20(35)9-3-6-12-42-27-24(39)23(38)22(37)18(14-32)44-27/h17-19,22-28,32-33,37-41H,2-15H2,1H3,(H,30,35)(H,31,36). The zero-order valence-corrected chi connectivity index (χ0v) is 26.1. The summed E-state index contributed by atoms with van der Waals surface area (Å²) in [5, 5.41) is 73.7. The molecule has 0 radical (unpaired) electrons. The number of aliphatic hydroxyl groups excluding tert-OH is 6. The van der Waals surface area contributed by atoms with Crippen molar-refractivity contribution in [2.24, 2.45) is 0 Å². The van der Waals surface area contributed by atoms with Gasteiger partial charge in [-0.1, -0.05) is 0 Å². The van der Waals surface area contributed by atoms with Crippen LogP contribution in [0.25, 0.3) is 0 Å². The lowest BCUT2D eigenvalue weighted by Crippen LogP contribution is -2.59. The molecule has 3 rings (SSSR count). The van der Waals surface area contributed by atoms with Crippen LogP contribution in [0.2, 0.25) is 0 Å². The molecule has 3 fully saturated rings. The average molecular weight is 667 g/mol. The minimum atomic E-state index is -1.79. The van der Waals surface area contributed by atoms with Crippen LogP contribution in [0.3, 0.4) is 0 Å². The van der Waals surface area contributed by atoms with Gasteiger partial charge in [-0.05, 0) is 51.9 Å². The number of unbranched alkanes of at least 4 members (excludes halogenated alkanes) is 3. The summed E-state index contributed by atoms with van der Waals surface area (Å²) in [6, 6.07) is -0.634. The van der Waals surface area contributed by atoms with Gasteiger partial charge in [0.15, 0.2) is 24.5 Å². The first-order chi connectivity index (χ1) is 21.9. The van der Waals surface area contributed by atoms with Crippen molar-refractivity contribution < 1.29 is 73.8 Å². The van der Waals surface area contributed by atoms with Gasteiger partial charge in [0.25, 0.3) is 0 Å². The minimum Gasteiger partial charge on any atom is -0.394 e. The Labute approximate surface area is 267 Å². The maximum atomic E-state index is 12.4. The van der Waals surface area contributed by atoms with Gasteiger partial charge in [-0.3, -0.25) is 14.4 Å². The number of hydrogen-bond donors (Lipinski definition) is 9. The maximum Gasteiger partial charge on any atom is 0.227 e. The number of aliphatic hydroxyl groups is 7. The van der Waals surface area contributed by atoms with Crippen LogP contribution in [0.4, 0.5) is 0 Å². The molecule has 9 N–H and O–H groups in total. The lowest BCUT2D eigenvalue weighted by molar-refractivity contribution is -0.301. The Bertz CT molecular complexity index is 973. The lowest BCUT2D eigenvalue weighted by atomic mass is 9.99. The van der Waals surface area contributed by atoms with Crippen molar-refractivity contribution in [3.8, 4) is 0 Å². The summed E-state index contributed by atoms with van der Waals surface area (Å²) in [5.41, 5.74) is 0. The van der Waals surface area contributed by atoms with E-state index in [1.807, 2.05) is 0 Å². The molecule has 266 valence electrons. The second kappa shape index (κ2) is 18.6. The number of hydrogen-bond acceptors (Lipinski definition) is 15. The normalized spacial score (nSPS) is 34.4. The van der Waals surface area contributed by atoms with Gasteiger partial charge in [-0.2, -0.15) is 0 Å². The fraction of sp³-hybridized carbons (Fsp3) is 0.897. The van der Waals surface area contributed by atoms with Gasteiger partial charge in [0.05, 0.1) is 19.3 Å². The largest absolute Gasteiger partial charge is 0.394 e. The summed E-state index contributed by atoms with van der Waals surface area (Å²) < 4.78 is 26.7. The van der Waals surface area contributed by atoms with E-state index < -0.39 is 80.4 Å². The molecule has 11 unspecified atom stereocenters. The fourth-order valence-corrected chi connectivity index (χ4v) is 5.32. The van der Waals surface area contributed by atoms with Crippen molar-refractivity contribution in [1.82, 2.24) is 10.6 Å². The van der Waals surface area contributed by atoms with Gasteiger partial charge < -0.3 is 70.1 Å². The molecule has 11 atom stereocenters. The zero-order valence-electron chi connectivity index (χ0n) is 26.1. The number of nitrogens with one attached hydrogen (secondary N) is 2. The monoisotopic (exact) mass is 666 g/mol. The summed E-state index contributed by atoms with van der Waals surface area (Å²) in [4.78, 5) is 36.5. The molecule has 2 amide bonds. The lowest BCUT2D eigenvalue weighted by Gasteiger charge is -2.39. The van der Waals surface area contributed by atoms with Crippen molar-refractivity contribution >= 4 is 17.6 Å². The highest BCUT2D eigenvalue weighted by molar-refractivity contribution is 5.87. The Hall–Kier alpha value is -1.87. The van der Waals surface area contributed by atoms with Crippen molar-refractivity contribution in [1.29, 1.82) is 0 Å². The Morgan fingerprint density at radius 1 is 0.783 bits per heavy atom. The zero-order chi connectivity index (χ0) is 33.9. The quantitative estimate of drug-likeness (QED) is 0.0429. The Morgan fingerprint density at radius 3 is 2.02 bits per heavy atom. The van der Waals surface area contributed by atoms with Crippen LogP contribution in [-0.4, -0.2) is 153 Å². The highest BCUT2D eigenvalue weighted by atomic mass is 16.8. The van der Waals surface area contributed by atoms with Gasteiger partial charge in [0, 0.05) is 32.6 Å². The van der Waals surface area contributed by atoms with Crippen LogP contribution in [0.1, 0.15) is 64.7 Å². The Kier molecular flexibility index (Phi) is 15.6. The molecule has 0 bridgehead atoms. The summed E-state index contributed by atoms with van der Waals surface area (Å²) in [6.07, 6.45) is -6.91. The van der Waals surface area contributed by atoms with Gasteiger partial charge in [-0.25, -0.2) is 0 Å². The number of Topliss-reactive ketones (excluding diaryl/α,β-unsaturated/α-hetero) is 1. The van der Waals surface area contributed by atoms with Gasteiger partial charge in [0.2, 0.25) is 17.6 Å². The van der Waals surface area contributed by atoms with E-state index in [9.17, 15) is 50.1 Å². The highest BCUT2D eigenvalue weighted by Gasteiger charge is 2.70. The number of carbonyl (C=O) groups is 3. The van der Waals surface area contributed by atoms with Crippen molar-refractivity contribution in [3.63, 3.8) is 0 Å². The first-order valence-electron chi connectivity index (χ1n) is 15.9. The predicted octanol–water partition coefficient (Wildman–Crippen LogP) is -3.31. The van der Waals surface area contributed by atoms with E-state index in [2.05, 4.69) is 10.6 Å². The third-order valence-electron chi connectivity index (χ3n) is 8.25. The summed E-state index contributed by atoms with van der Waals surface area (Å²) in [5.74, 6) is -2.39. The van der Waals surface area contributed by atoms with Crippen molar-refractivity contribution in [3.05, 3.63) is 0 Å². The predicted molar refractivity (Wildman–Crippen MR) is 154 cm³/mol. The van der Waals surface area contributed by atoms with Crippen LogP contribution >= 0.6 is 0 Å². The number of amides is 2. The Balaban J connectivity index is 1.19. The first-order valence-corrected chi connectivity index (χ1v) is 15.9. The molecule has 3 aliphatic heterocycles. The molecule has 0 aliphatic carbocycles. The second-order valence-electron chi connectivity index (χ2n) is 11.9. The van der Waals surface area contributed by atoms with E-state index in [0.717, 1.165) is 0 Å².